The van der Waals surface area contributed by atoms with E-state index in [2.05, 4.69) is 41.2 Å². The van der Waals surface area contributed by atoms with Crippen LogP contribution in [0.3, 0.4) is 0 Å². The molecule has 0 bridgehead atoms. The molecule has 0 spiro atoms. The number of amides is 3. The van der Waals surface area contributed by atoms with Gasteiger partial charge in [0.2, 0.25) is 17.7 Å². The Morgan fingerprint density at radius 2 is 1.41 bits per heavy atom. The lowest BCUT2D eigenvalue weighted by molar-refractivity contribution is -0.141. The van der Waals surface area contributed by atoms with Gasteiger partial charge in [-0.1, -0.05) is 13.8 Å². The standard InChI is InChI=1S/C17H32N4O5S3/c1-9(2)6-11(19-14(22)10(18)4-5-29-3)15(23)20-12(7-27)16(24)21-13(8-28)17(25)26/h9-13,27-28H,4-8,18H2,1-3H3,(H,19,22)(H,20,23)(H,21,24)(H,25,26). The number of rotatable bonds is 14. The number of nitrogens with one attached hydrogen (secondary N) is 3. The van der Waals surface area contributed by atoms with Gasteiger partial charge in [-0.05, 0) is 30.8 Å². The maximum absolute atomic E-state index is 12.7. The summed E-state index contributed by atoms with van der Waals surface area (Å²) in [5.41, 5.74) is 5.86. The summed E-state index contributed by atoms with van der Waals surface area (Å²) in [4.78, 5) is 48.4. The Morgan fingerprint density at radius 1 is 0.931 bits per heavy atom. The average Bonchev–Trinajstić information content (AvgIpc) is 2.66. The largest absolute Gasteiger partial charge is 0.480 e. The highest BCUT2D eigenvalue weighted by molar-refractivity contribution is 7.98. The van der Waals surface area contributed by atoms with Crippen molar-refractivity contribution in [1.29, 1.82) is 0 Å². The first-order valence-corrected chi connectivity index (χ1v) is 11.8. The van der Waals surface area contributed by atoms with Crippen LogP contribution in [0.25, 0.3) is 0 Å². The summed E-state index contributed by atoms with van der Waals surface area (Å²) in [5.74, 6) is -2.27. The van der Waals surface area contributed by atoms with Gasteiger partial charge in [-0.25, -0.2) is 4.79 Å². The number of thiol groups is 2. The molecule has 4 unspecified atom stereocenters. The van der Waals surface area contributed by atoms with Gasteiger partial charge in [0, 0.05) is 11.5 Å². The van der Waals surface area contributed by atoms with Crippen molar-refractivity contribution in [3.8, 4) is 0 Å². The van der Waals surface area contributed by atoms with Gasteiger partial charge in [-0.3, -0.25) is 14.4 Å². The van der Waals surface area contributed by atoms with Crippen LogP contribution in [0.2, 0.25) is 0 Å². The van der Waals surface area contributed by atoms with Crippen molar-refractivity contribution in [3.05, 3.63) is 0 Å². The van der Waals surface area contributed by atoms with E-state index >= 15 is 0 Å². The Bertz CT molecular complexity index is 565. The average molecular weight is 469 g/mol. The molecule has 0 aromatic heterocycles. The highest BCUT2D eigenvalue weighted by Crippen LogP contribution is 2.07. The summed E-state index contributed by atoms with van der Waals surface area (Å²) >= 11 is 9.51. The van der Waals surface area contributed by atoms with Gasteiger partial charge in [-0.2, -0.15) is 37.0 Å². The molecule has 6 N–H and O–H groups in total. The Kier molecular flexibility index (Phi) is 14.2. The van der Waals surface area contributed by atoms with Crippen LogP contribution in [0, 0.1) is 5.92 Å². The summed E-state index contributed by atoms with van der Waals surface area (Å²) in [6, 6.07) is -3.87. The number of carboxylic acid groups (broad SMARTS) is 1. The maximum Gasteiger partial charge on any atom is 0.327 e. The predicted molar refractivity (Wildman–Crippen MR) is 122 cm³/mol. The van der Waals surface area contributed by atoms with Crippen LogP contribution in [-0.4, -0.2) is 76.5 Å². The zero-order valence-electron chi connectivity index (χ0n) is 16.9. The van der Waals surface area contributed by atoms with Gasteiger partial charge in [0.05, 0.1) is 6.04 Å². The zero-order chi connectivity index (χ0) is 22.6. The highest BCUT2D eigenvalue weighted by atomic mass is 32.2. The molecule has 0 aliphatic carbocycles. The predicted octanol–water partition coefficient (Wildman–Crippen LogP) is -0.488. The molecule has 0 aliphatic rings. The second kappa shape index (κ2) is 14.8. The van der Waals surface area contributed by atoms with Crippen LogP contribution >= 0.6 is 37.0 Å². The van der Waals surface area contributed by atoms with E-state index in [1.807, 2.05) is 20.1 Å². The van der Waals surface area contributed by atoms with Crippen LogP contribution in [0.15, 0.2) is 0 Å². The minimum Gasteiger partial charge on any atom is -0.480 e. The number of hydrogen-bond acceptors (Lipinski definition) is 8. The van der Waals surface area contributed by atoms with Crippen LogP contribution in [-0.2, 0) is 19.2 Å². The van der Waals surface area contributed by atoms with E-state index < -0.39 is 47.9 Å². The van der Waals surface area contributed by atoms with E-state index in [0.717, 1.165) is 0 Å². The normalized spacial score (nSPS) is 15.1. The second-order valence-corrected chi connectivity index (χ2v) is 8.62. The molecular weight excluding hydrogens is 436 g/mol. The van der Waals surface area contributed by atoms with Gasteiger partial charge in [0.25, 0.3) is 0 Å². The van der Waals surface area contributed by atoms with Gasteiger partial charge in [0.15, 0.2) is 0 Å². The van der Waals surface area contributed by atoms with Crippen LogP contribution in [0.5, 0.6) is 0 Å². The number of carboxylic acids is 1. The molecular formula is C17H32N4O5S3. The van der Waals surface area contributed by atoms with Crippen LogP contribution in [0.1, 0.15) is 26.7 Å². The Balaban J connectivity index is 5.10. The molecule has 4 atom stereocenters. The quantitative estimate of drug-likeness (QED) is 0.170. The third kappa shape index (κ3) is 11.0. The van der Waals surface area contributed by atoms with Gasteiger partial charge < -0.3 is 26.8 Å². The highest BCUT2D eigenvalue weighted by Gasteiger charge is 2.29. The summed E-state index contributed by atoms with van der Waals surface area (Å²) in [6.07, 6.45) is 2.73. The van der Waals surface area contributed by atoms with Crippen molar-refractivity contribution in [2.45, 2.75) is 50.9 Å². The van der Waals surface area contributed by atoms with E-state index in [1.54, 1.807) is 11.8 Å². The van der Waals surface area contributed by atoms with Gasteiger partial charge >= 0.3 is 5.97 Å². The molecule has 9 nitrogen and oxygen atoms in total. The molecule has 3 amide bonds. The molecule has 0 aromatic rings. The van der Waals surface area contributed by atoms with Crippen molar-refractivity contribution in [2.24, 2.45) is 11.7 Å². The van der Waals surface area contributed by atoms with E-state index in [4.69, 9.17) is 10.8 Å². The van der Waals surface area contributed by atoms with Crippen LogP contribution in [0.4, 0.5) is 0 Å². The smallest absolute Gasteiger partial charge is 0.327 e. The first-order chi connectivity index (χ1) is 13.6. The lowest BCUT2D eigenvalue weighted by atomic mass is 10.0. The number of carbonyl (C=O) groups excluding carboxylic acids is 3. The van der Waals surface area contributed by atoms with E-state index in [1.165, 1.54) is 0 Å². The first-order valence-electron chi connectivity index (χ1n) is 9.17. The number of thioether (sulfide) groups is 1. The molecule has 0 saturated heterocycles. The lowest BCUT2D eigenvalue weighted by Crippen LogP contribution is -2.58. The Labute approximate surface area is 186 Å². The van der Waals surface area contributed by atoms with E-state index in [-0.39, 0.29) is 17.4 Å². The van der Waals surface area contributed by atoms with Crippen LogP contribution < -0.4 is 21.7 Å². The van der Waals surface area contributed by atoms with Gasteiger partial charge in [0.1, 0.15) is 18.1 Å². The fraction of sp³-hybridized carbons (Fsp3) is 0.765. The van der Waals surface area contributed by atoms with Crippen molar-refractivity contribution in [3.63, 3.8) is 0 Å². The summed E-state index contributed by atoms with van der Waals surface area (Å²) < 4.78 is 0. The fourth-order valence-corrected chi connectivity index (χ4v) is 3.28. The maximum atomic E-state index is 12.7. The summed E-state index contributed by atoms with van der Waals surface area (Å²) in [6.45, 7) is 3.79. The third-order valence-corrected chi connectivity index (χ3v) is 5.30. The van der Waals surface area contributed by atoms with Crippen molar-refractivity contribution in [2.75, 3.05) is 23.5 Å². The lowest BCUT2D eigenvalue weighted by Gasteiger charge is -2.25. The molecule has 29 heavy (non-hydrogen) atoms. The molecule has 0 radical (unpaired) electrons. The monoisotopic (exact) mass is 468 g/mol. The molecule has 0 fully saturated rings. The first kappa shape index (κ1) is 27.9. The molecule has 0 aromatic carbocycles. The molecule has 0 heterocycles. The fourth-order valence-electron chi connectivity index (χ4n) is 2.28. The van der Waals surface area contributed by atoms with Crippen molar-refractivity contribution in [1.82, 2.24) is 16.0 Å². The second-order valence-electron chi connectivity index (χ2n) is 6.90. The van der Waals surface area contributed by atoms with E-state index in [9.17, 15) is 19.2 Å². The summed E-state index contributed by atoms with van der Waals surface area (Å²) in [7, 11) is 0. The topological polar surface area (TPSA) is 151 Å². The molecule has 0 rings (SSSR count). The molecule has 0 saturated carbocycles. The zero-order valence-corrected chi connectivity index (χ0v) is 19.5. The molecule has 0 aliphatic heterocycles. The minimum absolute atomic E-state index is 0.0495. The Morgan fingerprint density at radius 3 is 1.86 bits per heavy atom. The number of aliphatic carboxylic acids is 1. The number of hydrogen-bond donors (Lipinski definition) is 7. The number of carbonyl (C=O) groups is 4. The molecule has 168 valence electrons. The Hall–Kier alpha value is -1.11. The minimum atomic E-state index is -1.23. The SMILES string of the molecule is CSCCC(N)C(=O)NC(CC(C)C)C(=O)NC(CS)C(=O)NC(CS)C(=O)O. The van der Waals surface area contributed by atoms with Gasteiger partial charge in [-0.15, -0.1) is 0 Å². The summed E-state index contributed by atoms with van der Waals surface area (Å²) in [5, 5.41) is 16.5. The number of nitrogens with two attached hydrogens (primary N) is 1. The van der Waals surface area contributed by atoms with Crippen molar-refractivity contribution >= 4 is 60.7 Å². The molecule has 12 heteroatoms. The van der Waals surface area contributed by atoms with E-state index in [0.29, 0.717) is 18.6 Å². The third-order valence-electron chi connectivity index (χ3n) is 3.92. The van der Waals surface area contributed by atoms with Crippen molar-refractivity contribution < 1.29 is 24.3 Å².